The molecular formula is C22H22N2O5. The van der Waals surface area contributed by atoms with Crippen LogP contribution in [-0.2, 0) is 22.6 Å². The molecule has 3 aromatic rings. The van der Waals surface area contributed by atoms with E-state index in [1.165, 1.54) is 18.7 Å². The van der Waals surface area contributed by atoms with Gasteiger partial charge in [0.2, 0.25) is 5.82 Å². The summed E-state index contributed by atoms with van der Waals surface area (Å²) in [6.45, 7) is 1.98. The molecule has 0 aliphatic rings. The quantitative estimate of drug-likeness (QED) is 0.420. The van der Waals surface area contributed by atoms with Crippen LogP contribution in [0.25, 0.3) is 17.5 Å². The second-order valence-corrected chi connectivity index (χ2v) is 6.09. The minimum absolute atomic E-state index is 0.113. The van der Waals surface area contributed by atoms with Crippen LogP contribution < -0.4 is 9.47 Å². The average molecular weight is 394 g/mol. The van der Waals surface area contributed by atoms with Crippen molar-refractivity contribution in [3.8, 4) is 22.9 Å². The lowest BCUT2D eigenvalue weighted by Crippen LogP contribution is -2.01. The van der Waals surface area contributed by atoms with Crippen molar-refractivity contribution >= 4 is 12.0 Å². The number of ether oxygens (including phenoxy) is 3. The highest BCUT2D eigenvalue weighted by Gasteiger charge is 2.11. The third-order valence-corrected chi connectivity index (χ3v) is 4.26. The second kappa shape index (κ2) is 9.54. The number of methoxy groups -OCH3 is 2. The van der Waals surface area contributed by atoms with Gasteiger partial charge in [0.05, 0.1) is 14.2 Å². The number of para-hydroxylation sites is 1. The predicted octanol–water partition coefficient (Wildman–Crippen LogP) is 4.07. The maximum absolute atomic E-state index is 12.0. The summed E-state index contributed by atoms with van der Waals surface area (Å²) in [4.78, 5) is 16.3. The van der Waals surface area contributed by atoms with Gasteiger partial charge in [-0.05, 0) is 24.1 Å². The normalized spacial score (nSPS) is 10.9. The van der Waals surface area contributed by atoms with Crippen molar-refractivity contribution < 1.29 is 23.5 Å². The van der Waals surface area contributed by atoms with E-state index in [2.05, 4.69) is 17.1 Å². The molecule has 150 valence electrons. The SMILES string of the molecule is CCc1ccc(-c2noc(COC(=O)/C=C/c3cccc(OC)c3OC)n2)cc1. The highest BCUT2D eigenvalue weighted by Crippen LogP contribution is 2.31. The fourth-order valence-corrected chi connectivity index (χ4v) is 2.70. The van der Waals surface area contributed by atoms with Crippen LogP contribution >= 0.6 is 0 Å². The fourth-order valence-electron chi connectivity index (χ4n) is 2.70. The molecule has 0 spiro atoms. The molecule has 1 heterocycles. The monoisotopic (exact) mass is 394 g/mol. The van der Waals surface area contributed by atoms with Crippen LogP contribution in [0.4, 0.5) is 0 Å². The summed E-state index contributed by atoms with van der Waals surface area (Å²) in [6, 6.07) is 13.3. The lowest BCUT2D eigenvalue weighted by atomic mass is 10.1. The molecule has 1 aromatic heterocycles. The highest BCUT2D eigenvalue weighted by molar-refractivity contribution is 5.87. The Kier molecular flexibility index (Phi) is 6.63. The molecule has 0 amide bonds. The number of hydrogen-bond donors (Lipinski definition) is 0. The molecular weight excluding hydrogens is 372 g/mol. The summed E-state index contributed by atoms with van der Waals surface area (Å²) in [5.41, 5.74) is 2.76. The number of nitrogens with zero attached hydrogens (tertiary/aromatic N) is 2. The Morgan fingerprint density at radius 3 is 2.59 bits per heavy atom. The van der Waals surface area contributed by atoms with E-state index in [0.29, 0.717) is 22.9 Å². The van der Waals surface area contributed by atoms with Crippen LogP contribution in [0.3, 0.4) is 0 Å². The molecule has 0 saturated heterocycles. The fraction of sp³-hybridized carbons (Fsp3) is 0.227. The van der Waals surface area contributed by atoms with Crippen LogP contribution in [-0.4, -0.2) is 30.3 Å². The Morgan fingerprint density at radius 1 is 1.10 bits per heavy atom. The first kappa shape index (κ1) is 20.1. The summed E-state index contributed by atoms with van der Waals surface area (Å²) < 4.78 is 20.9. The van der Waals surface area contributed by atoms with Crippen molar-refractivity contribution in [2.24, 2.45) is 0 Å². The average Bonchev–Trinajstić information content (AvgIpc) is 3.25. The Bertz CT molecular complexity index is 993. The topological polar surface area (TPSA) is 83.7 Å². The molecule has 0 aliphatic carbocycles. The van der Waals surface area contributed by atoms with Crippen molar-refractivity contribution in [3.63, 3.8) is 0 Å². The minimum Gasteiger partial charge on any atom is -0.493 e. The standard InChI is InChI=1S/C22H22N2O5/c1-4-15-8-10-17(11-9-15)22-23-19(29-24-22)14-28-20(25)13-12-16-6-5-7-18(26-2)21(16)27-3/h5-13H,4,14H2,1-3H3/b13-12+. The van der Waals surface area contributed by atoms with Crippen molar-refractivity contribution in [2.45, 2.75) is 20.0 Å². The molecule has 0 atom stereocenters. The summed E-state index contributed by atoms with van der Waals surface area (Å²) in [5.74, 6) is 1.25. The third-order valence-electron chi connectivity index (χ3n) is 4.26. The summed E-state index contributed by atoms with van der Waals surface area (Å²) >= 11 is 0. The molecule has 7 heteroatoms. The molecule has 3 rings (SSSR count). The molecule has 0 N–H and O–H groups in total. The third kappa shape index (κ3) is 5.01. The Morgan fingerprint density at radius 2 is 1.90 bits per heavy atom. The summed E-state index contributed by atoms with van der Waals surface area (Å²) in [6.07, 6.45) is 3.86. The van der Waals surface area contributed by atoms with E-state index in [1.54, 1.807) is 31.4 Å². The first-order valence-electron chi connectivity index (χ1n) is 9.12. The number of carbonyl (C=O) groups is 1. The summed E-state index contributed by atoms with van der Waals surface area (Å²) in [7, 11) is 3.09. The van der Waals surface area contributed by atoms with Gasteiger partial charge >= 0.3 is 5.97 Å². The first-order chi connectivity index (χ1) is 14.1. The van der Waals surface area contributed by atoms with Gasteiger partial charge in [-0.1, -0.05) is 48.5 Å². The number of benzene rings is 2. The van der Waals surface area contributed by atoms with Gasteiger partial charge in [-0.2, -0.15) is 4.98 Å². The number of esters is 1. The Labute approximate surface area is 168 Å². The molecule has 0 radical (unpaired) electrons. The molecule has 0 fully saturated rings. The zero-order valence-electron chi connectivity index (χ0n) is 16.5. The van der Waals surface area contributed by atoms with Gasteiger partial charge in [0, 0.05) is 17.2 Å². The van der Waals surface area contributed by atoms with Gasteiger partial charge in [-0.25, -0.2) is 4.79 Å². The second-order valence-electron chi connectivity index (χ2n) is 6.09. The smallest absolute Gasteiger partial charge is 0.331 e. The van der Waals surface area contributed by atoms with E-state index in [0.717, 1.165) is 12.0 Å². The van der Waals surface area contributed by atoms with Gasteiger partial charge in [0.25, 0.3) is 5.89 Å². The van der Waals surface area contributed by atoms with Crippen molar-refractivity contribution in [1.82, 2.24) is 10.1 Å². The summed E-state index contributed by atoms with van der Waals surface area (Å²) in [5, 5.41) is 3.93. The van der Waals surface area contributed by atoms with Crippen LogP contribution in [0.15, 0.2) is 53.1 Å². The largest absolute Gasteiger partial charge is 0.493 e. The first-order valence-corrected chi connectivity index (χ1v) is 9.12. The van der Waals surface area contributed by atoms with E-state index >= 15 is 0 Å². The van der Waals surface area contributed by atoms with E-state index in [9.17, 15) is 4.79 Å². The van der Waals surface area contributed by atoms with E-state index in [1.807, 2.05) is 24.3 Å². The van der Waals surface area contributed by atoms with Gasteiger partial charge in [0.1, 0.15) is 0 Å². The lowest BCUT2D eigenvalue weighted by Gasteiger charge is -2.09. The van der Waals surface area contributed by atoms with Gasteiger partial charge in [-0.3, -0.25) is 0 Å². The number of aromatic nitrogens is 2. The molecule has 0 unspecified atom stereocenters. The molecule has 2 aromatic carbocycles. The number of hydrogen-bond acceptors (Lipinski definition) is 7. The molecule has 7 nitrogen and oxygen atoms in total. The van der Waals surface area contributed by atoms with Gasteiger partial charge in [0.15, 0.2) is 18.1 Å². The zero-order valence-corrected chi connectivity index (χ0v) is 16.5. The number of carbonyl (C=O) groups excluding carboxylic acids is 1. The number of rotatable bonds is 8. The number of aryl methyl sites for hydroxylation is 1. The van der Waals surface area contributed by atoms with Crippen LogP contribution in [0, 0.1) is 0 Å². The zero-order chi connectivity index (χ0) is 20.6. The van der Waals surface area contributed by atoms with Crippen molar-refractivity contribution in [3.05, 3.63) is 65.6 Å². The maximum atomic E-state index is 12.0. The maximum Gasteiger partial charge on any atom is 0.331 e. The van der Waals surface area contributed by atoms with Gasteiger partial charge in [-0.15, -0.1) is 0 Å². The highest BCUT2D eigenvalue weighted by atomic mass is 16.6. The van der Waals surface area contributed by atoms with E-state index in [-0.39, 0.29) is 12.5 Å². The predicted molar refractivity (Wildman–Crippen MR) is 107 cm³/mol. The molecule has 29 heavy (non-hydrogen) atoms. The van der Waals surface area contributed by atoms with E-state index in [4.69, 9.17) is 18.7 Å². The Hall–Kier alpha value is -3.61. The van der Waals surface area contributed by atoms with Crippen molar-refractivity contribution in [1.29, 1.82) is 0 Å². The molecule has 0 aliphatic heterocycles. The molecule has 0 saturated carbocycles. The Balaban J connectivity index is 1.60. The van der Waals surface area contributed by atoms with Crippen LogP contribution in [0.5, 0.6) is 11.5 Å². The lowest BCUT2D eigenvalue weighted by molar-refractivity contribution is -0.139. The molecule has 0 bridgehead atoms. The van der Waals surface area contributed by atoms with Crippen molar-refractivity contribution in [2.75, 3.05) is 14.2 Å². The minimum atomic E-state index is -0.540. The van der Waals surface area contributed by atoms with E-state index < -0.39 is 5.97 Å². The van der Waals surface area contributed by atoms with Gasteiger partial charge < -0.3 is 18.7 Å². The van der Waals surface area contributed by atoms with Crippen LogP contribution in [0.2, 0.25) is 0 Å². The van der Waals surface area contributed by atoms with Crippen LogP contribution in [0.1, 0.15) is 23.9 Å².